The van der Waals surface area contributed by atoms with Gasteiger partial charge in [0.1, 0.15) is 4.83 Å². The van der Waals surface area contributed by atoms with Gasteiger partial charge in [0.05, 0.1) is 11.2 Å². The Hall–Kier alpha value is -6.36. The van der Waals surface area contributed by atoms with Crippen molar-refractivity contribution in [3.05, 3.63) is 185 Å². The summed E-state index contributed by atoms with van der Waals surface area (Å²) in [5, 5.41) is 5.02. The van der Waals surface area contributed by atoms with Crippen LogP contribution in [-0.2, 0) is 21.7 Å². The number of nitrogens with zero attached hydrogens (tertiary/aromatic N) is 3. The molecular formula is C63H63N3S. The fourth-order valence-corrected chi connectivity index (χ4v) is 11.9. The second-order valence-electron chi connectivity index (χ2n) is 22.4. The van der Waals surface area contributed by atoms with Crippen molar-refractivity contribution in [2.45, 2.75) is 112 Å². The Morgan fingerprint density at radius 3 is 1.42 bits per heavy atom. The van der Waals surface area contributed by atoms with E-state index in [4.69, 9.17) is 8.22 Å². The van der Waals surface area contributed by atoms with Crippen LogP contribution in [-0.4, -0.2) is 4.40 Å². The van der Waals surface area contributed by atoms with Crippen LogP contribution in [0.15, 0.2) is 146 Å². The number of aromatic nitrogens is 1. The molecule has 10 aromatic rings. The molecule has 3 aromatic heterocycles. The molecule has 0 aliphatic heterocycles. The zero-order valence-corrected chi connectivity index (χ0v) is 41.4. The van der Waals surface area contributed by atoms with E-state index in [2.05, 4.69) is 187 Å². The fourth-order valence-electron chi connectivity index (χ4n) is 10.6. The molecule has 3 nitrogen and oxygen atoms in total. The first-order valence-corrected chi connectivity index (χ1v) is 24.4. The van der Waals surface area contributed by atoms with Gasteiger partial charge in [-0.1, -0.05) is 148 Å². The van der Waals surface area contributed by atoms with Crippen molar-refractivity contribution in [3.63, 3.8) is 0 Å². The molecule has 0 spiro atoms. The Kier molecular flexibility index (Phi) is 8.12. The Morgan fingerprint density at radius 1 is 0.478 bits per heavy atom. The van der Waals surface area contributed by atoms with E-state index in [0.29, 0.717) is 11.1 Å². The lowest BCUT2D eigenvalue weighted by Gasteiger charge is -2.29. The van der Waals surface area contributed by atoms with Gasteiger partial charge >= 0.3 is 0 Å². The van der Waals surface area contributed by atoms with Gasteiger partial charge in [0.2, 0.25) is 0 Å². The van der Waals surface area contributed by atoms with Crippen molar-refractivity contribution in [1.29, 1.82) is 0 Å². The smallest absolute Gasteiger partial charge is 0.109 e. The van der Waals surface area contributed by atoms with Gasteiger partial charge in [0.25, 0.3) is 0 Å². The van der Waals surface area contributed by atoms with E-state index in [1.165, 1.54) is 75.7 Å². The number of benzene rings is 7. The predicted molar refractivity (Wildman–Crippen MR) is 291 cm³/mol. The van der Waals surface area contributed by atoms with Crippen molar-refractivity contribution in [3.8, 4) is 11.3 Å². The summed E-state index contributed by atoms with van der Waals surface area (Å²) in [6.07, 6.45) is 0. The molecule has 0 fully saturated rings. The summed E-state index contributed by atoms with van der Waals surface area (Å²) in [5.41, 5.74) is 15.9. The van der Waals surface area contributed by atoms with Crippen LogP contribution in [0.2, 0.25) is 0 Å². The van der Waals surface area contributed by atoms with Crippen LogP contribution in [0.4, 0.5) is 34.1 Å². The highest BCUT2D eigenvalue weighted by molar-refractivity contribution is 7.25. The van der Waals surface area contributed by atoms with Crippen LogP contribution < -0.4 is 9.80 Å². The van der Waals surface area contributed by atoms with Gasteiger partial charge in [0, 0.05) is 79.6 Å². The van der Waals surface area contributed by atoms with Crippen LogP contribution >= 0.6 is 11.3 Å². The quantitative estimate of drug-likeness (QED) is 0.165. The van der Waals surface area contributed by atoms with E-state index in [1.54, 1.807) is 24.3 Å². The largest absolute Gasteiger partial charge is 0.310 e. The molecule has 0 N–H and O–H groups in total. The Bertz CT molecular complexity index is 3640. The minimum Gasteiger partial charge on any atom is -0.310 e. The molecule has 0 unspecified atom stereocenters. The normalized spacial score (nSPS) is 15.6. The lowest BCUT2D eigenvalue weighted by molar-refractivity contribution is 0.590. The molecule has 0 saturated carbocycles. The van der Waals surface area contributed by atoms with E-state index in [9.17, 15) is 0 Å². The number of thiophene rings is 1. The average Bonchev–Trinajstić information content (AvgIpc) is 4.02. The van der Waals surface area contributed by atoms with Crippen molar-refractivity contribution in [1.82, 2.24) is 4.40 Å². The summed E-state index contributed by atoms with van der Waals surface area (Å²) < 4.78 is 52.2. The lowest BCUT2D eigenvalue weighted by atomic mass is 9.79. The average molecular weight is 900 g/mol. The van der Waals surface area contributed by atoms with Crippen LogP contribution in [0.25, 0.3) is 47.8 Å². The molecule has 0 atom stereocenters. The number of fused-ring (bicyclic) bond motifs is 10. The molecule has 0 radical (unpaired) electrons. The molecule has 67 heavy (non-hydrogen) atoms. The first-order valence-electron chi connectivity index (χ1n) is 26.6. The third kappa shape index (κ3) is 6.89. The van der Waals surface area contributed by atoms with Crippen LogP contribution in [0.5, 0.6) is 0 Å². The molecule has 0 amide bonds. The summed E-state index contributed by atoms with van der Waals surface area (Å²) in [5.74, 6) is 0. The predicted octanol–water partition coefficient (Wildman–Crippen LogP) is 18.7. The van der Waals surface area contributed by atoms with Gasteiger partial charge in [-0.2, -0.15) is 0 Å². The number of rotatable bonds is 6. The van der Waals surface area contributed by atoms with E-state index >= 15 is 0 Å². The summed E-state index contributed by atoms with van der Waals surface area (Å²) in [6, 6.07) is 50.7. The van der Waals surface area contributed by atoms with Crippen molar-refractivity contribution in [2.75, 3.05) is 9.80 Å². The SMILES string of the molecule is [2H]C([2H])([2H])c1ccc(N(c2ccc(C(C)(C)C)cc2)c2ccc3c(c2)C(C)(C)c2c-3n3c4sc5cc(N(c6ccc(C([2H])([2H])[2H])cc6)c6ccc(C(C)(C)C)cc6)ccc5c4c4cc(C(C)(C)C)cc2c43)cc1. The first kappa shape index (κ1) is 36.7. The number of aryl methyl sites for hydroxylation is 2. The molecule has 336 valence electrons. The molecular weight excluding hydrogens is 831 g/mol. The molecule has 0 bridgehead atoms. The van der Waals surface area contributed by atoms with Crippen molar-refractivity contribution < 1.29 is 8.22 Å². The molecule has 7 aromatic carbocycles. The number of hydrogen-bond acceptors (Lipinski definition) is 3. The lowest BCUT2D eigenvalue weighted by Crippen LogP contribution is -2.17. The number of hydrogen-bond donors (Lipinski definition) is 0. The minimum absolute atomic E-state index is 0.0111. The summed E-state index contributed by atoms with van der Waals surface area (Å²) in [7, 11) is 0. The van der Waals surface area contributed by atoms with Crippen molar-refractivity contribution in [2.24, 2.45) is 0 Å². The van der Waals surface area contributed by atoms with Gasteiger partial charge in [-0.15, -0.1) is 11.3 Å². The van der Waals surface area contributed by atoms with E-state index in [0.717, 1.165) is 34.1 Å². The van der Waals surface area contributed by atoms with Crippen LogP contribution in [0.3, 0.4) is 0 Å². The minimum atomic E-state index is -2.20. The maximum absolute atomic E-state index is 8.09. The monoisotopic (exact) mass is 900 g/mol. The topological polar surface area (TPSA) is 10.9 Å². The van der Waals surface area contributed by atoms with Gasteiger partial charge in [-0.05, 0) is 143 Å². The highest BCUT2D eigenvalue weighted by atomic mass is 32.1. The fraction of sp³-hybridized carbons (Fsp3) is 0.270. The van der Waals surface area contributed by atoms with E-state index in [-0.39, 0.29) is 21.7 Å². The first-order chi connectivity index (χ1) is 34.1. The van der Waals surface area contributed by atoms with Gasteiger partial charge < -0.3 is 9.80 Å². The third-order valence-corrected chi connectivity index (χ3v) is 15.5. The van der Waals surface area contributed by atoms with E-state index < -0.39 is 13.7 Å². The molecule has 3 heterocycles. The zero-order chi connectivity index (χ0) is 52.1. The van der Waals surface area contributed by atoms with Gasteiger partial charge in [-0.3, -0.25) is 4.40 Å². The zero-order valence-electron chi connectivity index (χ0n) is 46.6. The molecule has 4 heteroatoms. The molecule has 1 aliphatic carbocycles. The second-order valence-corrected chi connectivity index (χ2v) is 23.4. The molecule has 0 saturated heterocycles. The van der Waals surface area contributed by atoms with Gasteiger partial charge in [0.15, 0.2) is 0 Å². The summed E-state index contributed by atoms with van der Waals surface area (Å²) in [6.45, 7) is 20.6. The Labute approximate surface area is 410 Å². The highest BCUT2D eigenvalue weighted by Gasteiger charge is 2.42. The van der Waals surface area contributed by atoms with Crippen LogP contribution in [0.1, 0.15) is 123 Å². The Morgan fingerprint density at radius 2 is 0.925 bits per heavy atom. The van der Waals surface area contributed by atoms with Gasteiger partial charge in [-0.25, -0.2) is 0 Å². The second kappa shape index (κ2) is 14.8. The van der Waals surface area contributed by atoms with Crippen LogP contribution in [0, 0.1) is 13.7 Å². The van der Waals surface area contributed by atoms with Crippen molar-refractivity contribution >= 4 is 82.1 Å². The number of anilines is 6. The third-order valence-electron chi connectivity index (χ3n) is 14.4. The van der Waals surface area contributed by atoms with E-state index in [1.807, 2.05) is 35.6 Å². The molecule has 1 aliphatic rings. The Balaban J connectivity index is 1.11. The highest BCUT2D eigenvalue weighted by Crippen LogP contribution is 2.58. The summed E-state index contributed by atoms with van der Waals surface area (Å²) >= 11 is 1.83. The molecule has 11 rings (SSSR count). The maximum atomic E-state index is 8.09. The maximum Gasteiger partial charge on any atom is 0.109 e. The standard InChI is InChI=1S/C63H63N3S/c1-38-14-22-43(23-15-38)64(45-26-18-40(19-27-45)60(3,4)5)47-30-32-49-53(36-47)63(12,13)56-52-35-42(62(9,10)11)34-51-55-50-33-31-48(37-54(50)67-59(55)66(57(51)52)58(49)56)65(44-24-16-39(2)17-25-44)46-28-20-41(21-29-46)61(6,7)8/h14-37H,1-13H3/i1D3,2D3. The summed E-state index contributed by atoms with van der Waals surface area (Å²) in [4.78, 5) is 5.70.